The van der Waals surface area contributed by atoms with Crippen molar-refractivity contribution in [3.05, 3.63) is 41.4 Å². The van der Waals surface area contributed by atoms with Crippen LogP contribution in [0.15, 0.2) is 30.5 Å². The molecule has 0 saturated heterocycles. The lowest BCUT2D eigenvalue weighted by Gasteiger charge is -2.11. The molecule has 66 valence electrons. The van der Waals surface area contributed by atoms with Crippen molar-refractivity contribution >= 4 is 0 Å². The molecule has 1 aliphatic heterocycles. The zero-order valence-corrected chi connectivity index (χ0v) is 7.83. The van der Waals surface area contributed by atoms with Gasteiger partial charge in [-0.25, -0.2) is 0 Å². The Kier molecular flexibility index (Phi) is 1.69. The maximum Gasteiger partial charge on any atom is 0.0662 e. The van der Waals surface area contributed by atoms with Gasteiger partial charge in [0.05, 0.1) is 5.36 Å². The lowest BCUT2D eigenvalue weighted by Crippen LogP contribution is -2.12. The molecule has 2 heteroatoms. The molecule has 13 heavy (non-hydrogen) atoms. The molecular weight excluding hydrogens is 160 g/mol. The Morgan fingerprint density at radius 2 is 2.00 bits per heavy atom. The van der Waals surface area contributed by atoms with Crippen molar-refractivity contribution in [2.24, 2.45) is 7.05 Å². The Morgan fingerprint density at radius 3 is 2.77 bits per heavy atom. The monoisotopic (exact) mass is 172 g/mol. The van der Waals surface area contributed by atoms with Crippen molar-refractivity contribution in [1.82, 2.24) is 4.57 Å². The maximum atomic E-state index is 7.87. The van der Waals surface area contributed by atoms with Crippen LogP contribution in [0.1, 0.15) is 5.56 Å². The molecule has 2 nitrogen and oxygen atoms in total. The average Bonchev–Trinajstić information content (AvgIpc) is 2.12. The molecule has 2 aliphatic rings. The van der Waals surface area contributed by atoms with Gasteiger partial charge >= 0.3 is 0 Å². The fraction of sp³-hybridized carbons (Fsp3) is 0.182. The van der Waals surface area contributed by atoms with Gasteiger partial charge in [0.15, 0.2) is 0 Å². The highest BCUT2D eigenvalue weighted by Gasteiger charge is 2.05. The summed E-state index contributed by atoms with van der Waals surface area (Å²) in [7, 11) is 2.00. The number of aromatic nitrogens is 1. The van der Waals surface area contributed by atoms with Crippen LogP contribution in [-0.4, -0.2) is 4.57 Å². The number of fused-ring (bicyclic) bond motifs is 1. The van der Waals surface area contributed by atoms with Crippen LogP contribution >= 0.6 is 0 Å². The van der Waals surface area contributed by atoms with Crippen LogP contribution < -0.4 is 5.36 Å². The minimum Gasteiger partial charge on any atom is -0.351 e. The van der Waals surface area contributed by atoms with Crippen molar-refractivity contribution in [3.8, 4) is 11.3 Å². The number of pyridine rings is 1. The first-order valence-electron chi connectivity index (χ1n) is 4.30. The topological polar surface area (TPSA) is 28.8 Å². The zero-order chi connectivity index (χ0) is 9.42. The van der Waals surface area contributed by atoms with E-state index >= 15 is 0 Å². The molecule has 0 aromatic rings. The molecule has 1 N–H and O–H groups in total. The number of nitrogens with zero attached hydrogens (tertiary/aromatic N) is 1. The largest absolute Gasteiger partial charge is 0.351 e. The van der Waals surface area contributed by atoms with Gasteiger partial charge < -0.3 is 4.57 Å². The van der Waals surface area contributed by atoms with E-state index in [1.165, 1.54) is 0 Å². The molecule has 0 atom stereocenters. The van der Waals surface area contributed by atoms with Gasteiger partial charge in [-0.1, -0.05) is 6.07 Å². The molecule has 0 aromatic carbocycles. The fourth-order valence-corrected chi connectivity index (χ4v) is 1.54. The summed E-state index contributed by atoms with van der Waals surface area (Å²) in [5, 5.41) is 8.50. The summed E-state index contributed by atoms with van der Waals surface area (Å²) in [6.07, 6.45) is 2.00. The Labute approximate surface area is 77.3 Å². The zero-order valence-electron chi connectivity index (χ0n) is 7.83. The Morgan fingerprint density at radius 1 is 1.23 bits per heavy atom. The summed E-state index contributed by atoms with van der Waals surface area (Å²) in [6.45, 7) is 1.97. The second-order valence-electron chi connectivity index (χ2n) is 3.31. The Balaban J connectivity index is 2.93. The summed E-state index contributed by atoms with van der Waals surface area (Å²) >= 11 is 0. The lowest BCUT2D eigenvalue weighted by molar-refractivity contribution is 0.907. The predicted octanol–water partition coefficient (Wildman–Crippen LogP) is 1.92. The van der Waals surface area contributed by atoms with Crippen LogP contribution in [0.2, 0.25) is 0 Å². The first-order chi connectivity index (χ1) is 6.20. The van der Waals surface area contributed by atoms with Gasteiger partial charge in [0, 0.05) is 24.5 Å². The SMILES string of the molecule is Cc1ccc2n(C)cccc-2c1=N. The Bertz CT molecular complexity index is 468. The van der Waals surface area contributed by atoms with Crippen molar-refractivity contribution in [2.45, 2.75) is 6.92 Å². The van der Waals surface area contributed by atoms with E-state index in [-0.39, 0.29) is 0 Å². The van der Waals surface area contributed by atoms with E-state index in [1.54, 1.807) is 0 Å². The second-order valence-corrected chi connectivity index (χ2v) is 3.31. The van der Waals surface area contributed by atoms with Gasteiger partial charge in [0.2, 0.25) is 0 Å². The number of rotatable bonds is 0. The van der Waals surface area contributed by atoms with E-state index in [2.05, 4.69) is 6.07 Å². The lowest BCUT2D eigenvalue weighted by atomic mass is 10.1. The van der Waals surface area contributed by atoms with Gasteiger partial charge in [-0.05, 0) is 30.7 Å². The van der Waals surface area contributed by atoms with Gasteiger partial charge in [-0.3, -0.25) is 5.41 Å². The molecule has 0 radical (unpaired) electrons. The van der Waals surface area contributed by atoms with Crippen molar-refractivity contribution < 1.29 is 0 Å². The van der Waals surface area contributed by atoms with Gasteiger partial charge in [0.1, 0.15) is 0 Å². The predicted molar refractivity (Wildman–Crippen MR) is 52.6 cm³/mol. The van der Waals surface area contributed by atoms with Crippen LogP contribution in [0.4, 0.5) is 0 Å². The molecule has 0 amide bonds. The first kappa shape index (κ1) is 8.05. The first-order valence-corrected chi connectivity index (χ1v) is 4.30. The third kappa shape index (κ3) is 1.15. The maximum absolute atomic E-state index is 7.87. The second kappa shape index (κ2) is 2.73. The summed E-state index contributed by atoms with van der Waals surface area (Å²) in [5.74, 6) is 0. The molecule has 0 fully saturated rings. The highest BCUT2D eigenvalue weighted by atomic mass is 14.9. The molecule has 0 spiro atoms. The fourth-order valence-electron chi connectivity index (χ4n) is 1.54. The Hall–Kier alpha value is -1.57. The number of hydrogen-bond acceptors (Lipinski definition) is 1. The van der Waals surface area contributed by atoms with Crippen molar-refractivity contribution in [2.75, 3.05) is 0 Å². The van der Waals surface area contributed by atoms with E-state index in [4.69, 9.17) is 5.41 Å². The minimum atomic E-state index is 0.633. The quantitative estimate of drug-likeness (QED) is 0.629. The summed E-state index contributed by atoms with van der Waals surface area (Å²) in [4.78, 5) is 0. The molecule has 0 unspecified atom stereocenters. The van der Waals surface area contributed by atoms with Crippen molar-refractivity contribution in [3.63, 3.8) is 0 Å². The standard InChI is InChI=1S/C11H12N2/c1-8-5-6-10-9(11(8)12)4-3-7-13(10)2/h3-7,12H,1-2H3. The molecule has 0 bridgehead atoms. The third-order valence-corrected chi connectivity index (χ3v) is 2.38. The molecule has 2 rings (SSSR count). The molecule has 0 aromatic heterocycles. The van der Waals surface area contributed by atoms with Crippen molar-refractivity contribution in [1.29, 1.82) is 5.41 Å². The van der Waals surface area contributed by atoms with E-state index < -0.39 is 0 Å². The number of aryl methyl sites for hydroxylation is 2. The smallest absolute Gasteiger partial charge is 0.0662 e. The van der Waals surface area contributed by atoms with E-state index in [0.29, 0.717) is 5.36 Å². The normalized spacial score (nSPS) is 10.6. The molecule has 1 heterocycles. The van der Waals surface area contributed by atoms with Crippen LogP contribution in [0.25, 0.3) is 11.3 Å². The number of hydrogen-bond donors (Lipinski definition) is 1. The van der Waals surface area contributed by atoms with Gasteiger partial charge in [-0.2, -0.15) is 0 Å². The minimum absolute atomic E-state index is 0.633. The van der Waals surface area contributed by atoms with Crippen LogP contribution in [-0.2, 0) is 7.05 Å². The van der Waals surface area contributed by atoms with Crippen LogP contribution in [0, 0.1) is 12.3 Å². The average molecular weight is 172 g/mol. The third-order valence-electron chi connectivity index (χ3n) is 2.38. The van der Waals surface area contributed by atoms with E-state index in [0.717, 1.165) is 16.8 Å². The molecular formula is C11H12N2. The molecule has 0 saturated carbocycles. The van der Waals surface area contributed by atoms with E-state index in [9.17, 15) is 0 Å². The van der Waals surface area contributed by atoms with Gasteiger partial charge in [0.25, 0.3) is 0 Å². The summed E-state index contributed by atoms with van der Waals surface area (Å²) < 4.78 is 2.03. The van der Waals surface area contributed by atoms with Gasteiger partial charge in [-0.15, -0.1) is 0 Å². The van der Waals surface area contributed by atoms with Crippen LogP contribution in [0.5, 0.6) is 0 Å². The number of nitrogens with one attached hydrogen (secondary N) is 1. The molecule has 1 aliphatic carbocycles. The highest BCUT2D eigenvalue weighted by molar-refractivity contribution is 5.61. The summed E-state index contributed by atoms with van der Waals surface area (Å²) in [5.41, 5.74) is 3.15. The summed E-state index contributed by atoms with van der Waals surface area (Å²) in [6, 6.07) is 8.01. The highest BCUT2D eigenvalue weighted by Crippen LogP contribution is 2.16. The van der Waals surface area contributed by atoms with E-state index in [1.807, 2.05) is 42.9 Å². The van der Waals surface area contributed by atoms with Crippen LogP contribution in [0.3, 0.4) is 0 Å². The number of benzene rings is 1.